The van der Waals surface area contributed by atoms with Gasteiger partial charge in [-0.15, -0.1) is 10.2 Å². The Morgan fingerprint density at radius 1 is 1.36 bits per heavy atom. The summed E-state index contributed by atoms with van der Waals surface area (Å²) in [6.07, 6.45) is 4.85. The van der Waals surface area contributed by atoms with E-state index in [1.807, 2.05) is 0 Å². The third-order valence-electron chi connectivity index (χ3n) is 4.00. The number of aromatic nitrogens is 2. The van der Waals surface area contributed by atoms with E-state index < -0.39 is 0 Å². The molecule has 0 aliphatic heterocycles. The van der Waals surface area contributed by atoms with Crippen LogP contribution in [0.5, 0.6) is 0 Å². The fraction of sp³-hybridized carbons (Fsp3) is 0.800. The van der Waals surface area contributed by atoms with Crippen LogP contribution in [0.2, 0.25) is 0 Å². The molecule has 1 aliphatic carbocycles. The van der Waals surface area contributed by atoms with Gasteiger partial charge in [0, 0.05) is 19.6 Å². The topological polar surface area (TPSA) is 76.1 Å². The smallest absolute Gasteiger partial charge is 0.315 e. The molecule has 6 nitrogen and oxygen atoms in total. The van der Waals surface area contributed by atoms with Gasteiger partial charge in [0.2, 0.25) is 0 Å². The lowest BCUT2D eigenvalue weighted by molar-refractivity contribution is 0.0511. The average Bonchev–Trinajstić information content (AvgIpc) is 3.00. The number of urea groups is 1. The van der Waals surface area contributed by atoms with Gasteiger partial charge >= 0.3 is 6.03 Å². The lowest BCUT2D eigenvalue weighted by Gasteiger charge is -2.28. The third-order valence-corrected chi connectivity index (χ3v) is 5.22. The zero-order valence-electron chi connectivity index (χ0n) is 13.6. The Balaban J connectivity index is 1.67. The second-order valence-electron chi connectivity index (χ2n) is 6.14. The quantitative estimate of drug-likeness (QED) is 0.842. The van der Waals surface area contributed by atoms with E-state index in [1.54, 1.807) is 18.4 Å². The molecule has 7 heteroatoms. The number of nitrogens with one attached hydrogen (secondary N) is 2. The summed E-state index contributed by atoms with van der Waals surface area (Å²) >= 11 is 1.55. The zero-order valence-corrected chi connectivity index (χ0v) is 14.4. The first-order valence-corrected chi connectivity index (χ1v) is 8.77. The first-order valence-electron chi connectivity index (χ1n) is 7.95. The summed E-state index contributed by atoms with van der Waals surface area (Å²) in [5, 5.41) is 15.8. The number of carbonyl (C=O) groups is 1. The summed E-state index contributed by atoms with van der Waals surface area (Å²) in [5.41, 5.74) is 0. The predicted molar refractivity (Wildman–Crippen MR) is 87.0 cm³/mol. The van der Waals surface area contributed by atoms with Gasteiger partial charge in [0.15, 0.2) is 0 Å². The van der Waals surface area contributed by atoms with Crippen molar-refractivity contribution >= 4 is 17.4 Å². The molecule has 22 heavy (non-hydrogen) atoms. The van der Waals surface area contributed by atoms with E-state index in [0.717, 1.165) is 29.3 Å². The van der Waals surface area contributed by atoms with E-state index in [1.165, 1.54) is 6.42 Å². The predicted octanol–water partition coefficient (Wildman–Crippen LogP) is 2.67. The van der Waals surface area contributed by atoms with Crippen LogP contribution in [0.1, 0.15) is 55.5 Å². The fourth-order valence-corrected chi connectivity index (χ4v) is 3.45. The van der Waals surface area contributed by atoms with Crippen molar-refractivity contribution in [3.05, 3.63) is 10.0 Å². The van der Waals surface area contributed by atoms with Crippen LogP contribution in [-0.4, -0.2) is 36.0 Å². The summed E-state index contributed by atoms with van der Waals surface area (Å²) in [4.78, 5) is 11.9. The molecular weight excluding hydrogens is 300 g/mol. The van der Waals surface area contributed by atoms with Crippen molar-refractivity contribution in [2.24, 2.45) is 5.92 Å². The van der Waals surface area contributed by atoms with Crippen molar-refractivity contribution < 1.29 is 9.53 Å². The minimum atomic E-state index is -0.138. The average molecular weight is 326 g/mol. The van der Waals surface area contributed by atoms with Crippen LogP contribution in [0.25, 0.3) is 0 Å². The number of amides is 2. The molecule has 1 aromatic heterocycles. The number of methoxy groups -OCH3 is 1. The third kappa shape index (κ3) is 5.21. The SMILES string of the molecule is COC1CCCC(CNC(=O)NCc2nnc(C(C)C)s2)C1. The molecule has 0 aromatic carbocycles. The van der Waals surface area contributed by atoms with Crippen LogP contribution in [0.3, 0.4) is 0 Å². The highest BCUT2D eigenvalue weighted by Gasteiger charge is 2.21. The Morgan fingerprint density at radius 3 is 2.86 bits per heavy atom. The molecule has 2 rings (SSSR count). The van der Waals surface area contributed by atoms with Crippen LogP contribution < -0.4 is 10.6 Å². The van der Waals surface area contributed by atoms with Crippen LogP contribution >= 0.6 is 11.3 Å². The highest BCUT2D eigenvalue weighted by molar-refractivity contribution is 7.11. The van der Waals surface area contributed by atoms with Gasteiger partial charge in [-0.25, -0.2) is 4.79 Å². The second kappa shape index (κ2) is 8.43. The molecule has 2 atom stereocenters. The largest absolute Gasteiger partial charge is 0.381 e. The van der Waals surface area contributed by atoms with Crippen molar-refractivity contribution in [3.8, 4) is 0 Å². The molecule has 1 aliphatic rings. The molecule has 0 bridgehead atoms. The molecule has 1 heterocycles. The van der Waals surface area contributed by atoms with Gasteiger partial charge in [-0.05, 0) is 25.2 Å². The lowest BCUT2D eigenvalue weighted by atomic mass is 9.87. The normalized spacial score (nSPS) is 21.8. The Labute approximate surface area is 136 Å². The molecule has 0 saturated heterocycles. The first-order chi connectivity index (χ1) is 10.6. The summed E-state index contributed by atoms with van der Waals surface area (Å²) in [7, 11) is 1.76. The Morgan fingerprint density at radius 2 is 2.18 bits per heavy atom. The van der Waals surface area contributed by atoms with Crippen LogP contribution in [0, 0.1) is 5.92 Å². The minimum absolute atomic E-state index is 0.138. The number of nitrogens with zero attached hydrogens (tertiary/aromatic N) is 2. The van der Waals surface area contributed by atoms with Gasteiger partial charge < -0.3 is 15.4 Å². The maximum absolute atomic E-state index is 11.9. The van der Waals surface area contributed by atoms with Crippen molar-refractivity contribution in [2.45, 2.75) is 58.1 Å². The van der Waals surface area contributed by atoms with E-state index >= 15 is 0 Å². The standard InChI is InChI=1S/C15H26N4O2S/c1-10(2)14-19-18-13(22-14)9-17-15(20)16-8-11-5-4-6-12(7-11)21-3/h10-12H,4-9H2,1-3H3,(H2,16,17,20). The maximum atomic E-state index is 11.9. The van der Waals surface area contributed by atoms with E-state index in [2.05, 4.69) is 34.7 Å². The molecule has 2 unspecified atom stereocenters. The molecule has 0 spiro atoms. The Hall–Kier alpha value is -1.21. The van der Waals surface area contributed by atoms with Crippen molar-refractivity contribution in [1.82, 2.24) is 20.8 Å². The molecule has 1 aromatic rings. The van der Waals surface area contributed by atoms with E-state index in [-0.39, 0.29) is 6.03 Å². The summed E-state index contributed by atoms with van der Waals surface area (Å²) in [5.74, 6) is 0.888. The van der Waals surface area contributed by atoms with Crippen LogP contribution in [0.15, 0.2) is 0 Å². The summed E-state index contributed by atoms with van der Waals surface area (Å²) in [6, 6.07) is -0.138. The molecule has 1 fully saturated rings. The number of rotatable bonds is 6. The number of hydrogen-bond donors (Lipinski definition) is 2. The monoisotopic (exact) mass is 326 g/mol. The maximum Gasteiger partial charge on any atom is 0.315 e. The fourth-order valence-electron chi connectivity index (χ4n) is 2.67. The number of carbonyl (C=O) groups excluding carboxylic acids is 1. The number of ether oxygens (including phenoxy) is 1. The number of hydrogen-bond acceptors (Lipinski definition) is 5. The highest BCUT2D eigenvalue weighted by Crippen LogP contribution is 2.25. The molecule has 124 valence electrons. The molecular formula is C15H26N4O2S. The van der Waals surface area contributed by atoms with Crippen LogP contribution in [0.4, 0.5) is 4.79 Å². The van der Waals surface area contributed by atoms with Gasteiger partial charge in [0.05, 0.1) is 12.6 Å². The zero-order chi connectivity index (χ0) is 15.9. The van der Waals surface area contributed by atoms with Crippen molar-refractivity contribution in [1.29, 1.82) is 0 Å². The van der Waals surface area contributed by atoms with Gasteiger partial charge in [-0.3, -0.25) is 0 Å². The second-order valence-corrected chi connectivity index (χ2v) is 7.24. The Kier molecular flexibility index (Phi) is 6.57. The minimum Gasteiger partial charge on any atom is -0.381 e. The van der Waals surface area contributed by atoms with Gasteiger partial charge in [0.25, 0.3) is 0 Å². The first kappa shape index (κ1) is 17.1. The van der Waals surface area contributed by atoms with Crippen LogP contribution in [-0.2, 0) is 11.3 Å². The van der Waals surface area contributed by atoms with Gasteiger partial charge in [-0.2, -0.15) is 0 Å². The molecule has 1 saturated carbocycles. The van der Waals surface area contributed by atoms with E-state index in [4.69, 9.17) is 4.74 Å². The van der Waals surface area contributed by atoms with Crippen molar-refractivity contribution in [2.75, 3.05) is 13.7 Å². The van der Waals surface area contributed by atoms with Gasteiger partial charge in [-0.1, -0.05) is 31.6 Å². The van der Waals surface area contributed by atoms with E-state index in [0.29, 0.717) is 31.0 Å². The summed E-state index contributed by atoms with van der Waals surface area (Å²) in [6.45, 7) is 5.31. The van der Waals surface area contributed by atoms with E-state index in [9.17, 15) is 4.79 Å². The van der Waals surface area contributed by atoms with Gasteiger partial charge in [0.1, 0.15) is 10.0 Å². The van der Waals surface area contributed by atoms with Crippen molar-refractivity contribution in [3.63, 3.8) is 0 Å². The summed E-state index contributed by atoms with van der Waals surface area (Å²) < 4.78 is 5.41. The Bertz CT molecular complexity index is 478. The molecule has 2 amide bonds. The molecule has 0 radical (unpaired) electrons. The highest BCUT2D eigenvalue weighted by atomic mass is 32.1. The lowest BCUT2D eigenvalue weighted by Crippen LogP contribution is -2.39. The molecule has 2 N–H and O–H groups in total.